The average Bonchev–Trinajstić information content (AvgIpc) is 2.86. The summed E-state index contributed by atoms with van der Waals surface area (Å²) in [5.41, 5.74) is 0.0969. The minimum atomic E-state index is -3.03. The molecule has 1 saturated carbocycles. The van der Waals surface area contributed by atoms with Crippen LogP contribution in [-0.4, -0.2) is 31.1 Å². The molecule has 100 valence electrons. The number of nitrogens with zero attached hydrogens (tertiary/aromatic N) is 1. The smallest absolute Gasteiger partial charge is 0.212 e. The summed E-state index contributed by atoms with van der Waals surface area (Å²) in [5, 5.41) is 0. The van der Waals surface area contributed by atoms with Gasteiger partial charge in [-0.15, -0.1) is 0 Å². The second-order valence-electron chi connectivity index (χ2n) is 6.09. The van der Waals surface area contributed by atoms with E-state index in [9.17, 15) is 8.42 Å². The molecular weight excluding hydrogens is 234 g/mol. The van der Waals surface area contributed by atoms with E-state index in [-0.39, 0.29) is 11.5 Å². The van der Waals surface area contributed by atoms with Crippen LogP contribution in [0.2, 0.25) is 0 Å². The predicted molar refractivity (Wildman–Crippen MR) is 70.3 cm³/mol. The van der Waals surface area contributed by atoms with E-state index in [4.69, 9.17) is 0 Å². The van der Waals surface area contributed by atoms with Gasteiger partial charge in [0.05, 0.1) is 5.75 Å². The topological polar surface area (TPSA) is 37.4 Å². The van der Waals surface area contributed by atoms with Gasteiger partial charge < -0.3 is 0 Å². The molecule has 1 aliphatic carbocycles. The molecule has 2 rings (SSSR count). The molecule has 0 aromatic rings. The molecular formula is C13H25NO2S. The summed E-state index contributed by atoms with van der Waals surface area (Å²) in [4.78, 5) is 0. The number of sulfonamides is 1. The Morgan fingerprint density at radius 2 is 2.00 bits per heavy atom. The van der Waals surface area contributed by atoms with Crippen LogP contribution in [-0.2, 0) is 10.0 Å². The maximum Gasteiger partial charge on any atom is 0.214 e. The molecule has 0 bridgehead atoms. The average molecular weight is 259 g/mol. The third-order valence-electron chi connectivity index (χ3n) is 4.74. The quantitative estimate of drug-likeness (QED) is 0.761. The molecule has 0 aromatic heterocycles. The van der Waals surface area contributed by atoms with E-state index in [0.29, 0.717) is 11.7 Å². The first kappa shape index (κ1) is 13.3. The van der Waals surface area contributed by atoms with Crippen LogP contribution in [0.25, 0.3) is 0 Å². The SMILES string of the molecule is CCC1CCCN1S(=O)(=O)CC1(C(C)C)CC1. The van der Waals surface area contributed by atoms with Gasteiger partial charge in [-0.1, -0.05) is 20.8 Å². The van der Waals surface area contributed by atoms with Gasteiger partial charge in [0.25, 0.3) is 0 Å². The Morgan fingerprint density at radius 3 is 2.47 bits per heavy atom. The lowest BCUT2D eigenvalue weighted by Gasteiger charge is -2.27. The maximum absolute atomic E-state index is 12.5. The number of hydrogen-bond acceptors (Lipinski definition) is 2. The van der Waals surface area contributed by atoms with Crippen LogP contribution >= 0.6 is 0 Å². The van der Waals surface area contributed by atoms with Gasteiger partial charge in [0, 0.05) is 12.6 Å². The molecule has 2 aliphatic rings. The summed E-state index contributed by atoms with van der Waals surface area (Å²) < 4.78 is 26.8. The summed E-state index contributed by atoms with van der Waals surface area (Å²) in [7, 11) is -3.03. The Hall–Kier alpha value is -0.0900. The van der Waals surface area contributed by atoms with Crippen LogP contribution in [0, 0.1) is 11.3 Å². The Morgan fingerprint density at radius 1 is 1.35 bits per heavy atom. The third-order valence-corrected chi connectivity index (χ3v) is 6.87. The van der Waals surface area contributed by atoms with E-state index in [2.05, 4.69) is 20.8 Å². The molecule has 1 heterocycles. The molecule has 0 N–H and O–H groups in total. The Kier molecular flexibility index (Phi) is 3.56. The van der Waals surface area contributed by atoms with Crippen LogP contribution in [0.1, 0.15) is 52.9 Å². The van der Waals surface area contributed by atoms with Crippen LogP contribution in [0.3, 0.4) is 0 Å². The zero-order chi connectivity index (χ0) is 12.7. The van der Waals surface area contributed by atoms with Crippen molar-refractivity contribution in [3.05, 3.63) is 0 Å². The van der Waals surface area contributed by atoms with Crippen molar-refractivity contribution in [2.24, 2.45) is 11.3 Å². The number of rotatable bonds is 5. The van der Waals surface area contributed by atoms with Crippen LogP contribution in [0.5, 0.6) is 0 Å². The molecule has 4 heteroatoms. The molecule has 0 aromatic carbocycles. The van der Waals surface area contributed by atoms with Gasteiger partial charge in [-0.3, -0.25) is 0 Å². The molecule has 3 nitrogen and oxygen atoms in total. The molecule has 0 radical (unpaired) electrons. The fraction of sp³-hybridized carbons (Fsp3) is 1.00. The van der Waals surface area contributed by atoms with Crippen molar-refractivity contribution < 1.29 is 8.42 Å². The van der Waals surface area contributed by atoms with Gasteiger partial charge in [-0.2, -0.15) is 4.31 Å². The molecule has 1 unspecified atom stereocenters. The second kappa shape index (κ2) is 4.54. The zero-order valence-electron chi connectivity index (χ0n) is 11.3. The van der Waals surface area contributed by atoms with Gasteiger partial charge in [0.1, 0.15) is 0 Å². The number of hydrogen-bond donors (Lipinski definition) is 0. The van der Waals surface area contributed by atoms with Crippen LogP contribution in [0.4, 0.5) is 0 Å². The van der Waals surface area contributed by atoms with Crippen LogP contribution in [0.15, 0.2) is 0 Å². The summed E-state index contributed by atoms with van der Waals surface area (Å²) >= 11 is 0. The van der Waals surface area contributed by atoms with E-state index in [1.165, 1.54) is 0 Å². The highest BCUT2D eigenvalue weighted by molar-refractivity contribution is 7.89. The monoisotopic (exact) mass is 259 g/mol. The third kappa shape index (κ3) is 2.53. The predicted octanol–water partition coefficient (Wildman–Crippen LogP) is 2.63. The molecule has 1 saturated heterocycles. The van der Waals surface area contributed by atoms with Gasteiger partial charge in [0.2, 0.25) is 10.0 Å². The summed E-state index contributed by atoms with van der Waals surface area (Å²) in [6, 6.07) is 0.267. The normalized spacial score (nSPS) is 28.8. The second-order valence-corrected chi connectivity index (χ2v) is 8.01. The van der Waals surface area contributed by atoms with Gasteiger partial charge in [0.15, 0.2) is 0 Å². The van der Waals surface area contributed by atoms with E-state index < -0.39 is 10.0 Å². The lowest BCUT2D eigenvalue weighted by molar-refractivity contribution is 0.352. The molecule has 1 atom stereocenters. The van der Waals surface area contributed by atoms with Crippen LogP contribution < -0.4 is 0 Å². The van der Waals surface area contributed by atoms with E-state index in [1.54, 1.807) is 4.31 Å². The lowest BCUT2D eigenvalue weighted by Crippen LogP contribution is -2.39. The fourth-order valence-electron chi connectivity index (χ4n) is 3.08. The van der Waals surface area contributed by atoms with Crippen molar-refractivity contribution in [1.29, 1.82) is 0 Å². The van der Waals surface area contributed by atoms with Crippen molar-refractivity contribution in [1.82, 2.24) is 4.31 Å². The van der Waals surface area contributed by atoms with Crippen molar-refractivity contribution >= 4 is 10.0 Å². The molecule has 17 heavy (non-hydrogen) atoms. The van der Waals surface area contributed by atoms with Crippen molar-refractivity contribution in [2.45, 2.75) is 58.9 Å². The highest BCUT2D eigenvalue weighted by atomic mass is 32.2. The first-order valence-corrected chi connectivity index (χ1v) is 8.52. The van der Waals surface area contributed by atoms with E-state index >= 15 is 0 Å². The van der Waals surface area contributed by atoms with Crippen molar-refractivity contribution in [3.8, 4) is 0 Å². The highest BCUT2D eigenvalue weighted by Crippen LogP contribution is 2.53. The Bertz CT molecular complexity index is 371. The molecule has 2 fully saturated rings. The van der Waals surface area contributed by atoms with Gasteiger partial charge in [-0.25, -0.2) is 8.42 Å². The minimum Gasteiger partial charge on any atom is -0.212 e. The summed E-state index contributed by atoms with van der Waals surface area (Å²) in [5.74, 6) is 0.869. The fourth-order valence-corrected chi connectivity index (χ4v) is 5.71. The van der Waals surface area contributed by atoms with E-state index in [1.807, 2.05) is 0 Å². The van der Waals surface area contributed by atoms with Crippen molar-refractivity contribution in [3.63, 3.8) is 0 Å². The maximum atomic E-state index is 12.5. The van der Waals surface area contributed by atoms with Gasteiger partial charge >= 0.3 is 0 Å². The van der Waals surface area contributed by atoms with E-state index in [0.717, 1.165) is 38.6 Å². The zero-order valence-corrected chi connectivity index (χ0v) is 12.1. The largest absolute Gasteiger partial charge is 0.214 e. The highest BCUT2D eigenvalue weighted by Gasteiger charge is 2.50. The van der Waals surface area contributed by atoms with Gasteiger partial charge in [-0.05, 0) is 43.4 Å². The Balaban J connectivity index is 2.09. The Labute approximate surface area is 106 Å². The molecule has 0 amide bonds. The lowest BCUT2D eigenvalue weighted by atomic mass is 9.95. The molecule has 0 spiro atoms. The standard InChI is InChI=1S/C13H25NO2S/c1-4-12-6-5-9-14(12)17(15,16)10-13(7-8-13)11(2)3/h11-12H,4-10H2,1-3H3. The summed E-state index contributed by atoms with van der Waals surface area (Å²) in [6.07, 6.45) is 5.22. The summed E-state index contributed by atoms with van der Waals surface area (Å²) in [6.45, 7) is 7.15. The minimum absolute atomic E-state index is 0.0969. The first-order valence-electron chi connectivity index (χ1n) is 6.91. The first-order chi connectivity index (χ1) is 7.91. The molecule has 1 aliphatic heterocycles. The van der Waals surface area contributed by atoms with Crippen molar-refractivity contribution in [2.75, 3.05) is 12.3 Å².